The van der Waals surface area contributed by atoms with E-state index in [-0.39, 0.29) is 24.7 Å². The van der Waals surface area contributed by atoms with Gasteiger partial charge in [-0.3, -0.25) is 4.79 Å². The molecule has 1 N–H and O–H groups in total. The first-order chi connectivity index (χ1) is 10.1. The standard InChI is InChI=1S/C15H22N2O4/c1-11(2)17(6-7-18)15(19)12-3-4-14(16-9-12)21-13-5-8-20-10-13/h3-4,9,11,13,18H,5-8,10H2,1-2H3. The van der Waals surface area contributed by atoms with Gasteiger partial charge < -0.3 is 19.5 Å². The minimum Gasteiger partial charge on any atom is -0.472 e. The van der Waals surface area contributed by atoms with E-state index in [2.05, 4.69) is 4.98 Å². The Morgan fingerprint density at radius 2 is 2.38 bits per heavy atom. The molecule has 6 nitrogen and oxygen atoms in total. The second-order valence-electron chi connectivity index (χ2n) is 5.30. The van der Waals surface area contributed by atoms with Gasteiger partial charge in [0.15, 0.2) is 0 Å². The number of carbonyl (C=O) groups is 1. The molecule has 1 amide bonds. The van der Waals surface area contributed by atoms with Gasteiger partial charge in [-0.25, -0.2) is 4.98 Å². The summed E-state index contributed by atoms with van der Waals surface area (Å²) in [5.41, 5.74) is 0.493. The molecule has 0 spiro atoms. The molecule has 1 aliphatic rings. The van der Waals surface area contributed by atoms with E-state index in [1.165, 1.54) is 6.20 Å². The van der Waals surface area contributed by atoms with Crippen LogP contribution in [-0.4, -0.2) is 59.4 Å². The summed E-state index contributed by atoms with van der Waals surface area (Å²) in [6.07, 6.45) is 2.42. The molecule has 2 rings (SSSR count). The number of pyridine rings is 1. The highest BCUT2D eigenvalue weighted by Gasteiger charge is 2.20. The van der Waals surface area contributed by atoms with E-state index < -0.39 is 0 Å². The minimum atomic E-state index is -0.137. The lowest BCUT2D eigenvalue weighted by Crippen LogP contribution is -2.39. The van der Waals surface area contributed by atoms with Gasteiger partial charge in [0.1, 0.15) is 6.10 Å². The third-order valence-electron chi connectivity index (χ3n) is 3.38. The molecule has 0 aliphatic carbocycles. The second kappa shape index (κ2) is 7.38. The summed E-state index contributed by atoms with van der Waals surface area (Å²) in [5, 5.41) is 9.04. The summed E-state index contributed by atoms with van der Waals surface area (Å²) < 4.78 is 10.9. The summed E-state index contributed by atoms with van der Waals surface area (Å²) in [6, 6.07) is 3.42. The molecule has 1 aromatic heterocycles. The summed E-state index contributed by atoms with van der Waals surface area (Å²) in [6.45, 7) is 5.39. The van der Waals surface area contributed by atoms with Crippen LogP contribution >= 0.6 is 0 Å². The number of hydrogen-bond acceptors (Lipinski definition) is 5. The normalized spacial score (nSPS) is 18.0. The van der Waals surface area contributed by atoms with Crippen LogP contribution in [0.4, 0.5) is 0 Å². The Labute approximate surface area is 124 Å². The van der Waals surface area contributed by atoms with Gasteiger partial charge in [-0.1, -0.05) is 0 Å². The first-order valence-electron chi connectivity index (χ1n) is 7.24. The summed E-state index contributed by atoms with van der Waals surface area (Å²) >= 11 is 0. The van der Waals surface area contributed by atoms with Crippen molar-refractivity contribution in [3.63, 3.8) is 0 Å². The molecule has 0 saturated carbocycles. The zero-order valence-electron chi connectivity index (χ0n) is 12.5. The van der Waals surface area contributed by atoms with Gasteiger partial charge >= 0.3 is 0 Å². The summed E-state index contributed by atoms with van der Waals surface area (Å²) in [5.74, 6) is 0.364. The van der Waals surface area contributed by atoms with Gasteiger partial charge in [0, 0.05) is 31.3 Å². The summed E-state index contributed by atoms with van der Waals surface area (Å²) in [4.78, 5) is 18.1. The molecule has 116 valence electrons. The Morgan fingerprint density at radius 1 is 1.57 bits per heavy atom. The molecule has 0 bridgehead atoms. The number of hydrogen-bond donors (Lipinski definition) is 1. The SMILES string of the molecule is CC(C)N(CCO)C(=O)c1ccc(OC2CCOC2)nc1. The number of aliphatic hydroxyl groups excluding tert-OH is 1. The van der Waals surface area contributed by atoms with Crippen LogP contribution in [0.3, 0.4) is 0 Å². The predicted octanol–water partition coefficient (Wildman–Crippen LogP) is 1.09. The predicted molar refractivity (Wildman–Crippen MR) is 77.3 cm³/mol. The maximum atomic E-state index is 12.3. The van der Waals surface area contributed by atoms with Gasteiger partial charge in [-0.2, -0.15) is 0 Å². The van der Waals surface area contributed by atoms with Crippen LogP contribution in [-0.2, 0) is 4.74 Å². The largest absolute Gasteiger partial charge is 0.472 e. The molecule has 0 aromatic carbocycles. The number of nitrogens with zero attached hydrogens (tertiary/aromatic N) is 2. The third-order valence-corrected chi connectivity index (χ3v) is 3.38. The van der Waals surface area contributed by atoms with Gasteiger partial charge in [-0.15, -0.1) is 0 Å². The van der Waals surface area contributed by atoms with Crippen molar-refractivity contribution >= 4 is 5.91 Å². The van der Waals surface area contributed by atoms with Crippen LogP contribution in [0.5, 0.6) is 5.88 Å². The number of aromatic nitrogens is 1. The Morgan fingerprint density at radius 3 is 2.90 bits per heavy atom. The number of aliphatic hydroxyl groups is 1. The lowest BCUT2D eigenvalue weighted by atomic mass is 10.2. The Kier molecular flexibility index (Phi) is 5.52. The maximum Gasteiger partial charge on any atom is 0.255 e. The molecule has 1 unspecified atom stereocenters. The van der Waals surface area contributed by atoms with Crippen LogP contribution in [0.2, 0.25) is 0 Å². The fourth-order valence-corrected chi connectivity index (χ4v) is 2.22. The number of carbonyl (C=O) groups excluding carboxylic acids is 1. The van der Waals surface area contributed by atoms with Crippen LogP contribution < -0.4 is 4.74 Å². The molecule has 2 heterocycles. The van der Waals surface area contributed by atoms with Crippen molar-refractivity contribution < 1.29 is 19.4 Å². The van der Waals surface area contributed by atoms with Crippen molar-refractivity contribution in [1.82, 2.24) is 9.88 Å². The van der Waals surface area contributed by atoms with Crippen molar-refractivity contribution in [1.29, 1.82) is 0 Å². The van der Waals surface area contributed by atoms with Crippen LogP contribution in [0.15, 0.2) is 18.3 Å². The van der Waals surface area contributed by atoms with E-state index in [0.29, 0.717) is 31.2 Å². The molecule has 1 atom stereocenters. The van der Waals surface area contributed by atoms with Crippen molar-refractivity contribution in [2.45, 2.75) is 32.4 Å². The lowest BCUT2D eigenvalue weighted by Gasteiger charge is -2.25. The lowest BCUT2D eigenvalue weighted by molar-refractivity contribution is 0.0664. The first kappa shape index (κ1) is 15.7. The molecule has 1 fully saturated rings. The van der Waals surface area contributed by atoms with Gasteiger partial charge in [0.2, 0.25) is 5.88 Å². The fourth-order valence-electron chi connectivity index (χ4n) is 2.22. The van der Waals surface area contributed by atoms with Gasteiger partial charge in [0.25, 0.3) is 5.91 Å². The molecule has 1 aromatic rings. The highest BCUT2D eigenvalue weighted by atomic mass is 16.5. The second-order valence-corrected chi connectivity index (χ2v) is 5.30. The van der Waals surface area contributed by atoms with Crippen molar-refractivity contribution in [3.05, 3.63) is 23.9 Å². The zero-order valence-corrected chi connectivity index (χ0v) is 12.5. The zero-order chi connectivity index (χ0) is 15.2. The molecule has 6 heteroatoms. The van der Waals surface area contributed by atoms with Gasteiger partial charge in [0.05, 0.1) is 25.4 Å². The topological polar surface area (TPSA) is 71.9 Å². The fraction of sp³-hybridized carbons (Fsp3) is 0.600. The van der Waals surface area contributed by atoms with E-state index in [1.807, 2.05) is 13.8 Å². The number of ether oxygens (including phenoxy) is 2. The van der Waals surface area contributed by atoms with Gasteiger partial charge in [-0.05, 0) is 19.9 Å². The maximum absolute atomic E-state index is 12.3. The van der Waals surface area contributed by atoms with Crippen molar-refractivity contribution in [2.24, 2.45) is 0 Å². The molecular weight excluding hydrogens is 272 g/mol. The molecule has 21 heavy (non-hydrogen) atoms. The number of rotatable bonds is 6. The van der Waals surface area contributed by atoms with Crippen LogP contribution in [0.25, 0.3) is 0 Å². The van der Waals surface area contributed by atoms with E-state index >= 15 is 0 Å². The average molecular weight is 294 g/mol. The molecular formula is C15H22N2O4. The highest BCUT2D eigenvalue weighted by Crippen LogP contribution is 2.16. The van der Waals surface area contributed by atoms with E-state index in [4.69, 9.17) is 14.6 Å². The Hall–Kier alpha value is -1.66. The third kappa shape index (κ3) is 4.15. The monoisotopic (exact) mass is 294 g/mol. The summed E-state index contributed by atoms with van der Waals surface area (Å²) in [7, 11) is 0. The Bertz CT molecular complexity index is 455. The van der Waals surface area contributed by atoms with E-state index in [1.54, 1.807) is 17.0 Å². The number of amides is 1. The van der Waals surface area contributed by atoms with Crippen LogP contribution in [0, 0.1) is 0 Å². The highest BCUT2D eigenvalue weighted by molar-refractivity contribution is 5.94. The smallest absolute Gasteiger partial charge is 0.255 e. The minimum absolute atomic E-state index is 0.0243. The quantitative estimate of drug-likeness (QED) is 0.850. The van der Waals surface area contributed by atoms with Crippen LogP contribution in [0.1, 0.15) is 30.6 Å². The molecule has 0 radical (unpaired) electrons. The van der Waals surface area contributed by atoms with Crippen molar-refractivity contribution in [3.8, 4) is 5.88 Å². The van der Waals surface area contributed by atoms with E-state index in [0.717, 1.165) is 6.42 Å². The average Bonchev–Trinajstić information content (AvgIpc) is 2.97. The first-order valence-corrected chi connectivity index (χ1v) is 7.24. The van der Waals surface area contributed by atoms with Crippen molar-refractivity contribution in [2.75, 3.05) is 26.4 Å². The molecule has 1 aliphatic heterocycles. The van der Waals surface area contributed by atoms with E-state index in [9.17, 15) is 4.79 Å². The molecule has 1 saturated heterocycles. The Balaban J connectivity index is 2.01.